The molecule has 0 unspecified atom stereocenters. The van der Waals surface area contributed by atoms with Gasteiger partial charge in [-0.25, -0.2) is 4.79 Å². The van der Waals surface area contributed by atoms with Crippen molar-refractivity contribution in [2.45, 2.75) is 64.8 Å². The fraction of sp³-hybridized carbons (Fsp3) is 0.941. The van der Waals surface area contributed by atoms with Crippen molar-refractivity contribution < 1.29 is 33.2 Å². The van der Waals surface area contributed by atoms with Crippen LogP contribution in [0.5, 0.6) is 0 Å². The highest BCUT2D eigenvalue weighted by atomic mass is 79.9. The predicted molar refractivity (Wildman–Crippen MR) is 95.4 cm³/mol. The summed E-state index contributed by atoms with van der Waals surface area (Å²) >= 11 is 3.40. The molecule has 1 rings (SSSR count). The van der Waals surface area contributed by atoms with Crippen LogP contribution in [0.15, 0.2) is 0 Å². The highest BCUT2D eigenvalue weighted by Crippen LogP contribution is 2.46. The normalized spacial score (nSPS) is 24.9. The van der Waals surface area contributed by atoms with E-state index < -0.39 is 23.3 Å². The van der Waals surface area contributed by atoms with Gasteiger partial charge in [-0.1, -0.05) is 15.9 Å². The average molecular weight is 427 g/mol. The molecule has 1 saturated heterocycles. The molecule has 1 aliphatic heterocycles. The zero-order valence-corrected chi connectivity index (χ0v) is 17.5. The van der Waals surface area contributed by atoms with Gasteiger partial charge in [0.2, 0.25) is 0 Å². The predicted octanol–water partition coefficient (Wildman–Crippen LogP) is 2.99. The van der Waals surface area contributed by atoms with Crippen LogP contribution in [0, 0.1) is 0 Å². The number of alkyl halides is 1. The number of carbonyl (C=O) groups is 1. The lowest BCUT2D eigenvalue weighted by molar-refractivity contribution is -0.461. The van der Waals surface area contributed by atoms with Crippen LogP contribution in [0.4, 0.5) is 0 Å². The molecule has 1 atom stereocenters. The lowest BCUT2D eigenvalue weighted by Gasteiger charge is -2.52. The number of ether oxygens (including phenoxy) is 6. The molecule has 1 fully saturated rings. The van der Waals surface area contributed by atoms with Crippen molar-refractivity contribution in [3.63, 3.8) is 0 Å². The van der Waals surface area contributed by atoms with Crippen molar-refractivity contribution in [2.75, 3.05) is 38.4 Å². The third-order valence-electron chi connectivity index (χ3n) is 3.80. The molecular formula is C17H31BrO7. The Kier molecular flexibility index (Phi) is 9.28. The molecule has 0 saturated carbocycles. The van der Waals surface area contributed by atoms with E-state index in [9.17, 15) is 4.79 Å². The first kappa shape index (κ1) is 22.8. The van der Waals surface area contributed by atoms with Gasteiger partial charge in [-0.3, -0.25) is 0 Å². The number of esters is 1. The van der Waals surface area contributed by atoms with Gasteiger partial charge in [0.05, 0.1) is 13.0 Å². The number of carbonyl (C=O) groups excluding carboxylic acids is 1. The SMILES string of the molecule is CCOC(=O)[C@]1(CBr)CC(OCC)(OCC)CC(OCC)(OCC)O1. The molecule has 25 heavy (non-hydrogen) atoms. The molecule has 1 heterocycles. The van der Waals surface area contributed by atoms with Crippen LogP contribution in [0.25, 0.3) is 0 Å². The van der Waals surface area contributed by atoms with Gasteiger partial charge >= 0.3 is 5.97 Å². The van der Waals surface area contributed by atoms with Crippen molar-refractivity contribution >= 4 is 21.9 Å². The maximum absolute atomic E-state index is 12.7. The Bertz CT molecular complexity index is 380. The van der Waals surface area contributed by atoms with E-state index in [0.29, 0.717) is 26.4 Å². The summed E-state index contributed by atoms with van der Waals surface area (Å²) in [6.45, 7) is 10.9. The average Bonchev–Trinajstić information content (AvgIpc) is 2.55. The first-order valence-corrected chi connectivity index (χ1v) is 10.0. The summed E-state index contributed by atoms with van der Waals surface area (Å²) in [5.74, 6) is -3.03. The van der Waals surface area contributed by atoms with Gasteiger partial charge in [-0.15, -0.1) is 0 Å². The molecule has 148 valence electrons. The number of halogens is 1. The lowest BCUT2D eigenvalue weighted by atomic mass is 9.89. The van der Waals surface area contributed by atoms with Crippen LogP contribution in [0.1, 0.15) is 47.5 Å². The summed E-state index contributed by atoms with van der Waals surface area (Å²) in [6.07, 6.45) is 0.366. The van der Waals surface area contributed by atoms with Crippen LogP contribution in [-0.4, -0.2) is 61.7 Å². The molecule has 0 amide bonds. The molecule has 0 aromatic carbocycles. The number of rotatable bonds is 11. The van der Waals surface area contributed by atoms with Crippen LogP contribution < -0.4 is 0 Å². The van der Waals surface area contributed by atoms with E-state index in [1.165, 1.54) is 0 Å². The minimum atomic E-state index is -1.45. The van der Waals surface area contributed by atoms with Crippen LogP contribution in [-0.2, 0) is 33.2 Å². The Morgan fingerprint density at radius 1 is 0.880 bits per heavy atom. The van der Waals surface area contributed by atoms with Gasteiger partial charge in [0.1, 0.15) is 0 Å². The molecule has 0 aromatic heterocycles. The van der Waals surface area contributed by atoms with Gasteiger partial charge < -0.3 is 28.4 Å². The Morgan fingerprint density at radius 2 is 1.40 bits per heavy atom. The summed E-state index contributed by atoms with van der Waals surface area (Å²) < 4.78 is 34.9. The zero-order chi connectivity index (χ0) is 19.0. The summed E-state index contributed by atoms with van der Waals surface area (Å²) in [6, 6.07) is 0. The van der Waals surface area contributed by atoms with E-state index in [1.54, 1.807) is 6.92 Å². The Morgan fingerprint density at radius 3 is 1.80 bits per heavy atom. The molecule has 7 nitrogen and oxygen atoms in total. The molecule has 0 aliphatic carbocycles. The van der Waals surface area contributed by atoms with E-state index in [0.717, 1.165) is 0 Å². The maximum Gasteiger partial charge on any atom is 0.339 e. The topological polar surface area (TPSA) is 72.5 Å². The smallest absolute Gasteiger partial charge is 0.339 e. The highest BCUT2D eigenvalue weighted by Gasteiger charge is 2.62. The first-order chi connectivity index (χ1) is 11.9. The molecule has 0 aromatic rings. The molecule has 0 bridgehead atoms. The van der Waals surface area contributed by atoms with E-state index in [2.05, 4.69) is 15.9 Å². The van der Waals surface area contributed by atoms with Crippen molar-refractivity contribution in [1.82, 2.24) is 0 Å². The number of hydrogen-bond donors (Lipinski definition) is 0. The fourth-order valence-corrected chi connectivity index (χ4v) is 3.66. The third kappa shape index (κ3) is 5.37. The highest BCUT2D eigenvalue weighted by molar-refractivity contribution is 9.09. The zero-order valence-electron chi connectivity index (χ0n) is 15.9. The summed E-state index contributed by atoms with van der Waals surface area (Å²) in [4.78, 5) is 12.7. The van der Waals surface area contributed by atoms with E-state index >= 15 is 0 Å². The van der Waals surface area contributed by atoms with E-state index in [-0.39, 0.29) is 24.8 Å². The van der Waals surface area contributed by atoms with Crippen LogP contribution in [0.2, 0.25) is 0 Å². The lowest BCUT2D eigenvalue weighted by Crippen LogP contribution is -2.66. The first-order valence-electron chi connectivity index (χ1n) is 8.90. The van der Waals surface area contributed by atoms with Crippen LogP contribution >= 0.6 is 15.9 Å². The molecule has 0 N–H and O–H groups in total. The van der Waals surface area contributed by atoms with E-state index in [1.807, 2.05) is 27.7 Å². The number of hydrogen-bond acceptors (Lipinski definition) is 7. The maximum atomic E-state index is 12.7. The standard InChI is InChI=1S/C17H31BrO7/c1-6-20-14(19)15(13-18)11-16(21-7-2,22-8-3)12-17(25-15,23-9-4)24-10-5/h6-13H2,1-5H3/t15-/m1/s1. The monoisotopic (exact) mass is 426 g/mol. The summed E-state index contributed by atoms with van der Waals surface area (Å²) in [5.41, 5.74) is -1.34. The second-order valence-corrected chi connectivity index (χ2v) is 6.19. The van der Waals surface area contributed by atoms with Gasteiger partial charge in [0.25, 0.3) is 5.97 Å². The molecular weight excluding hydrogens is 396 g/mol. The van der Waals surface area contributed by atoms with Gasteiger partial charge in [0.15, 0.2) is 11.4 Å². The molecule has 1 aliphatic rings. The largest absolute Gasteiger partial charge is 0.464 e. The fourth-order valence-electron chi connectivity index (χ4n) is 3.12. The van der Waals surface area contributed by atoms with Crippen LogP contribution in [0.3, 0.4) is 0 Å². The van der Waals surface area contributed by atoms with E-state index in [4.69, 9.17) is 28.4 Å². The minimum absolute atomic E-state index is 0.174. The van der Waals surface area contributed by atoms with Crippen molar-refractivity contribution in [2.24, 2.45) is 0 Å². The van der Waals surface area contributed by atoms with Gasteiger partial charge in [-0.05, 0) is 34.6 Å². The minimum Gasteiger partial charge on any atom is -0.464 e. The second kappa shape index (κ2) is 10.2. The quantitative estimate of drug-likeness (QED) is 0.285. The molecule has 0 radical (unpaired) electrons. The Labute approximate surface area is 158 Å². The van der Waals surface area contributed by atoms with Gasteiger partial charge in [0, 0.05) is 38.2 Å². The summed E-state index contributed by atoms with van der Waals surface area (Å²) in [7, 11) is 0. The third-order valence-corrected chi connectivity index (χ3v) is 4.70. The second-order valence-electron chi connectivity index (χ2n) is 5.63. The molecule has 8 heteroatoms. The van der Waals surface area contributed by atoms with Gasteiger partial charge in [-0.2, -0.15) is 0 Å². The van der Waals surface area contributed by atoms with Crippen molar-refractivity contribution in [1.29, 1.82) is 0 Å². The van der Waals surface area contributed by atoms with Crippen molar-refractivity contribution in [3.05, 3.63) is 0 Å². The Hall–Kier alpha value is -0.250. The van der Waals surface area contributed by atoms with Crippen molar-refractivity contribution in [3.8, 4) is 0 Å². The molecule has 0 spiro atoms. The Balaban J connectivity index is 3.38. The summed E-state index contributed by atoms with van der Waals surface area (Å²) in [5, 5.41) is 0.197.